The fraction of sp³-hybridized carbons (Fsp3) is 0.429. The number of hydrogen-bond acceptors (Lipinski definition) is 5. The zero-order valence-corrected chi connectivity index (χ0v) is 15.8. The van der Waals surface area contributed by atoms with Crippen LogP contribution < -0.4 is 10.1 Å². The van der Waals surface area contributed by atoms with Gasteiger partial charge in [0.05, 0.1) is 0 Å². The van der Waals surface area contributed by atoms with Crippen LogP contribution in [0.1, 0.15) is 32.3 Å². The van der Waals surface area contributed by atoms with Crippen LogP contribution in [0, 0.1) is 11.8 Å². The third-order valence-corrected chi connectivity index (χ3v) is 5.90. The molecular weight excluding hydrogens is 360 g/mol. The SMILES string of the molecule is CC(=O)Oc1ccc(C[C@H]2C(=O)N[C@@]3(C[C@@H]4C=C[C@H]3C4)C(=O)N2C(C)=O)cc1. The highest BCUT2D eigenvalue weighted by Crippen LogP contribution is 2.48. The second-order valence-electron chi connectivity index (χ2n) is 7.80. The second kappa shape index (κ2) is 6.58. The van der Waals surface area contributed by atoms with Gasteiger partial charge in [-0.1, -0.05) is 24.3 Å². The normalized spacial score (nSPS) is 30.6. The predicted molar refractivity (Wildman–Crippen MR) is 99.0 cm³/mol. The summed E-state index contributed by atoms with van der Waals surface area (Å²) in [5.41, 5.74) is -0.225. The van der Waals surface area contributed by atoms with Crippen LogP contribution in [0.15, 0.2) is 36.4 Å². The molecule has 0 radical (unpaired) electrons. The van der Waals surface area contributed by atoms with Crippen molar-refractivity contribution in [3.8, 4) is 5.75 Å². The number of carbonyl (C=O) groups is 4. The molecule has 3 aliphatic rings. The van der Waals surface area contributed by atoms with E-state index in [1.165, 1.54) is 13.8 Å². The number of ether oxygens (including phenoxy) is 1. The summed E-state index contributed by atoms with van der Waals surface area (Å²) in [7, 11) is 0. The van der Waals surface area contributed by atoms with Crippen LogP contribution in [0.4, 0.5) is 0 Å². The molecule has 3 amide bonds. The first-order valence-corrected chi connectivity index (χ1v) is 9.42. The molecule has 1 N–H and O–H groups in total. The first-order valence-electron chi connectivity index (χ1n) is 9.42. The van der Waals surface area contributed by atoms with E-state index in [4.69, 9.17) is 4.74 Å². The fourth-order valence-corrected chi connectivity index (χ4v) is 4.71. The van der Waals surface area contributed by atoms with E-state index in [0.717, 1.165) is 16.9 Å². The molecule has 4 atom stereocenters. The van der Waals surface area contributed by atoms with Crippen LogP contribution in [0.25, 0.3) is 0 Å². The van der Waals surface area contributed by atoms with Crippen LogP contribution in [-0.4, -0.2) is 40.2 Å². The molecule has 1 aromatic carbocycles. The van der Waals surface area contributed by atoms with Crippen molar-refractivity contribution in [1.82, 2.24) is 10.2 Å². The van der Waals surface area contributed by atoms with Crippen LogP contribution in [0.5, 0.6) is 5.75 Å². The number of allylic oxidation sites excluding steroid dienone is 1. The molecule has 2 fully saturated rings. The zero-order valence-electron chi connectivity index (χ0n) is 15.8. The number of hydrogen-bond donors (Lipinski definition) is 1. The van der Waals surface area contributed by atoms with Gasteiger partial charge in [0.2, 0.25) is 11.8 Å². The number of carbonyl (C=O) groups excluding carboxylic acids is 4. The van der Waals surface area contributed by atoms with Gasteiger partial charge in [0.15, 0.2) is 0 Å². The van der Waals surface area contributed by atoms with E-state index in [9.17, 15) is 19.2 Å². The lowest BCUT2D eigenvalue weighted by molar-refractivity contribution is -0.163. The molecule has 4 rings (SSSR count). The maximum absolute atomic E-state index is 13.3. The van der Waals surface area contributed by atoms with Crippen LogP contribution in [0.2, 0.25) is 0 Å². The maximum atomic E-state index is 13.3. The zero-order chi connectivity index (χ0) is 20.1. The van der Waals surface area contributed by atoms with Crippen molar-refractivity contribution in [1.29, 1.82) is 0 Å². The molecule has 146 valence electrons. The molecule has 0 aromatic heterocycles. The van der Waals surface area contributed by atoms with Crippen LogP contribution in [0.3, 0.4) is 0 Å². The Kier molecular flexibility index (Phi) is 4.33. The Hall–Kier alpha value is -2.96. The molecule has 1 aromatic rings. The largest absolute Gasteiger partial charge is 0.427 e. The number of esters is 1. The number of benzene rings is 1. The molecule has 1 heterocycles. The first kappa shape index (κ1) is 18.4. The number of imide groups is 1. The van der Waals surface area contributed by atoms with Gasteiger partial charge in [0.25, 0.3) is 5.91 Å². The Bertz CT molecular complexity index is 891. The van der Waals surface area contributed by atoms with Crippen molar-refractivity contribution >= 4 is 23.7 Å². The van der Waals surface area contributed by atoms with Crippen molar-refractivity contribution in [2.75, 3.05) is 0 Å². The highest BCUT2D eigenvalue weighted by Gasteiger charge is 2.60. The quantitative estimate of drug-likeness (QED) is 0.484. The topological polar surface area (TPSA) is 92.8 Å². The lowest BCUT2D eigenvalue weighted by atomic mass is 9.80. The lowest BCUT2D eigenvalue weighted by Gasteiger charge is -2.46. The molecule has 2 bridgehead atoms. The molecule has 1 saturated carbocycles. The highest BCUT2D eigenvalue weighted by molar-refractivity contribution is 6.09. The van der Waals surface area contributed by atoms with E-state index in [1.807, 2.05) is 6.08 Å². The average Bonchev–Trinajstić information content (AvgIpc) is 3.22. The Labute approximate surface area is 162 Å². The Balaban J connectivity index is 1.58. The van der Waals surface area contributed by atoms with Crippen molar-refractivity contribution in [3.63, 3.8) is 0 Å². The summed E-state index contributed by atoms with van der Waals surface area (Å²) in [6.45, 7) is 2.64. The van der Waals surface area contributed by atoms with E-state index in [0.29, 0.717) is 12.2 Å². The van der Waals surface area contributed by atoms with E-state index in [2.05, 4.69) is 11.4 Å². The summed E-state index contributed by atoms with van der Waals surface area (Å²) in [5.74, 6) is -0.840. The first-order chi connectivity index (χ1) is 13.3. The molecule has 1 saturated heterocycles. The highest BCUT2D eigenvalue weighted by atomic mass is 16.5. The number of piperazine rings is 1. The van der Waals surface area contributed by atoms with E-state index < -0.39 is 23.5 Å². The smallest absolute Gasteiger partial charge is 0.308 e. The van der Waals surface area contributed by atoms with Gasteiger partial charge in [0.1, 0.15) is 17.3 Å². The minimum Gasteiger partial charge on any atom is -0.427 e. The van der Waals surface area contributed by atoms with Crippen molar-refractivity contribution < 1.29 is 23.9 Å². The Morgan fingerprint density at radius 3 is 2.43 bits per heavy atom. The van der Waals surface area contributed by atoms with Gasteiger partial charge >= 0.3 is 5.97 Å². The standard InChI is InChI=1S/C21H22N2O5/c1-12(24)23-18(10-14-4-7-17(8-5-14)28-13(2)25)19(26)22-21(20(23)27)11-15-3-6-16(21)9-15/h3-8,15-16,18H,9-11H2,1-2H3,(H,22,26)/t15-,16+,18+,21-/m1/s1. The molecule has 1 spiro atoms. The second-order valence-corrected chi connectivity index (χ2v) is 7.80. The van der Waals surface area contributed by atoms with Gasteiger partial charge in [-0.15, -0.1) is 0 Å². The number of fused-ring (bicyclic) bond motifs is 3. The summed E-state index contributed by atoms with van der Waals surface area (Å²) in [6, 6.07) is 5.80. The predicted octanol–water partition coefficient (Wildman–Crippen LogP) is 1.36. The van der Waals surface area contributed by atoms with E-state index in [-0.39, 0.29) is 30.1 Å². The molecule has 1 aliphatic heterocycles. The summed E-state index contributed by atoms with van der Waals surface area (Å²) >= 11 is 0. The van der Waals surface area contributed by atoms with Gasteiger partial charge in [-0.05, 0) is 36.5 Å². The number of rotatable bonds is 3. The van der Waals surface area contributed by atoms with Gasteiger partial charge < -0.3 is 10.1 Å². The minimum absolute atomic E-state index is 0.0558. The Morgan fingerprint density at radius 1 is 1.18 bits per heavy atom. The molecule has 0 unspecified atom stereocenters. The third kappa shape index (κ3) is 2.91. The van der Waals surface area contributed by atoms with Crippen molar-refractivity contribution in [2.24, 2.45) is 11.8 Å². The summed E-state index contributed by atoms with van der Waals surface area (Å²) in [6.07, 6.45) is 5.66. The third-order valence-electron chi connectivity index (χ3n) is 5.90. The van der Waals surface area contributed by atoms with E-state index in [1.54, 1.807) is 24.3 Å². The maximum Gasteiger partial charge on any atom is 0.308 e. The van der Waals surface area contributed by atoms with Crippen LogP contribution >= 0.6 is 0 Å². The van der Waals surface area contributed by atoms with Gasteiger partial charge in [-0.3, -0.25) is 24.1 Å². The van der Waals surface area contributed by atoms with Crippen LogP contribution in [-0.2, 0) is 25.6 Å². The van der Waals surface area contributed by atoms with Gasteiger partial charge in [-0.25, -0.2) is 0 Å². The van der Waals surface area contributed by atoms with Crippen molar-refractivity contribution in [2.45, 2.75) is 44.7 Å². The fourth-order valence-electron chi connectivity index (χ4n) is 4.71. The van der Waals surface area contributed by atoms with Crippen molar-refractivity contribution in [3.05, 3.63) is 42.0 Å². The van der Waals surface area contributed by atoms with Gasteiger partial charge in [-0.2, -0.15) is 0 Å². The molecule has 2 aliphatic carbocycles. The van der Waals surface area contributed by atoms with Gasteiger partial charge in [0, 0.05) is 26.2 Å². The number of amides is 3. The number of nitrogens with one attached hydrogen (secondary N) is 1. The number of nitrogens with zero attached hydrogens (tertiary/aromatic N) is 1. The molecule has 7 nitrogen and oxygen atoms in total. The summed E-state index contributed by atoms with van der Waals surface area (Å²) in [4.78, 5) is 50.7. The average molecular weight is 382 g/mol. The summed E-state index contributed by atoms with van der Waals surface area (Å²) in [5, 5.41) is 2.96. The molecule has 7 heteroatoms. The Morgan fingerprint density at radius 2 is 1.89 bits per heavy atom. The summed E-state index contributed by atoms with van der Waals surface area (Å²) < 4.78 is 5.01. The monoisotopic (exact) mass is 382 g/mol. The molecular formula is C21H22N2O5. The van der Waals surface area contributed by atoms with E-state index >= 15 is 0 Å². The lowest BCUT2D eigenvalue weighted by Crippen LogP contribution is -2.72. The molecule has 28 heavy (non-hydrogen) atoms. The minimum atomic E-state index is -0.988.